The summed E-state index contributed by atoms with van der Waals surface area (Å²) in [6, 6.07) is 0. The number of imidazole rings is 1. The van der Waals surface area contributed by atoms with Crippen LogP contribution in [0, 0.1) is 0 Å². The number of hydrogen-bond donors (Lipinski definition) is 1. The Morgan fingerprint density at radius 3 is 3.13 bits per heavy atom. The lowest BCUT2D eigenvalue weighted by Crippen LogP contribution is -2.18. The van der Waals surface area contributed by atoms with Crippen LogP contribution < -0.4 is 5.32 Å². The number of allylic oxidation sites excluding steroid dienone is 6. The Hall–Kier alpha value is -1.80. The molecule has 1 aliphatic carbocycles. The van der Waals surface area contributed by atoms with Gasteiger partial charge in [0, 0.05) is 30.6 Å². The van der Waals surface area contributed by atoms with Crippen LogP contribution in [-0.4, -0.2) is 22.6 Å². The van der Waals surface area contributed by atoms with E-state index < -0.39 is 0 Å². The van der Waals surface area contributed by atoms with E-state index in [1.807, 2.05) is 37.3 Å². The molecule has 1 aliphatic rings. The zero-order valence-electron chi connectivity index (χ0n) is 13.8. The molecule has 0 saturated carbocycles. The summed E-state index contributed by atoms with van der Waals surface area (Å²) in [4.78, 5) is 4.78. The predicted molar refractivity (Wildman–Crippen MR) is 99.4 cm³/mol. The van der Waals surface area contributed by atoms with E-state index in [0.717, 1.165) is 54.7 Å². The molecule has 0 spiro atoms. The Balaban J connectivity index is 2.19. The Kier molecular flexibility index (Phi) is 7.15. The Labute approximate surface area is 143 Å². The first-order chi connectivity index (χ1) is 11.3. The van der Waals surface area contributed by atoms with Gasteiger partial charge in [-0.3, -0.25) is 0 Å². The maximum Gasteiger partial charge on any atom is 0.111 e. The van der Waals surface area contributed by atoms with E-state index in [-0.39, 0.29) is 0 Å². The minimum absolute atomic E-state index is 0.782. The largest absolute Gasteiger partial charge is 0.328 e. The smallest absolute Gasteiger partial charge is 0.111 e. The molecule has 0 aromatic carbocycles. The molecule has 1 heterocycles. The highest BCUT2D eigenvalue weighted by Gasteiger charge is 2.13. The van der Waals surface area contributed by atoms with Gasteiger partial charge in [0.1, 0.15) is 5.82 Å². The van der Waals surface area contributed by atoms with Crippen molar-refractivity contribution in [3.63, 3.8) is 0 Å². The highest BCUT2D eigenvalue weighted by atomic mass is 35.5. The Morgan fingerprint density at radius 1 is 1.48 bits per heavy atom. The molecule has 0 amide bonds. The molecule has 122 valence electrons. The highest BCUT2D eigenvalue weighted by molar-refractivity contribution is 6.31. The lowest BCUT2D eigenvalue weighted by atomic mass is 10.3. The molecule has 4 heteroatoms. The number of nitrogens with one attached hydrogen (secondary N) is 1. The zero-order chi connectivity index (χ0) is 16.5. The number of likely N-dealkylation sites (N-methyl/N-ethyl adjacent to an activating group) is 1. The molecule has 0 radical (unpaired) electrons. The van der Waals surface area contributed by atoms with Gasteiger partial charge in [0.25, 0.3) is 0 Å². The molecule has 1 N–H and O–H groups in total. The van der Waals surface area contributed by atoms with Gasteiger partial charge in [0.2, 0.25) is 0 Å². The van der Waals surface area contributed by atoms with Gasteiger partial charge in [-0.2, -0.15) is 0 Å². The summed E-state index contributed by atoms with van der Waals surface area (Å²) in [6.45, 7) is 6.87. The molecule has 3 nitrogen and oxygen atoms in total. The standard InChI is InChI=1S/C19H24ClN3/c1-3-9-16(20)10-8-15-23-18-12-7-5-6-11-17(18)22-19(23)13-14-21-4-2/h3,5,7,9-12,21H,4,8,13-15H2,1-2H3/b9-3-,16-10+. The minimum atomic E-state index is 0.782. The molecular formula is C19H24ClN3. The number of fused-ring (bicyclic) bond motifs is 1. The molecule has 0 aliphatic heterocycles. The van der Waals surface area contributed by atoms with Crippen LogP contribution in [0.5, 0.6) is 0 Å². The van der Waals surface area contributed by atoms with Gasteiger partial charge in [0.05, 0.1) is 11.4 Å². The fraction of sp³-hybridized carbons (Fsp3) is 0.368. The second-order valence-electron chi connectivity index (χ2n) is 5.27. The molecule has 0 unspecified atom stereocenters. The van der Waals surface area contributed by atoms with Crippen molar-refractivity contribution in [3.05, 3.63) is 58.4 Å². The lowest BCUT2D eigenvalue weighted by Gasteiger charge is -2.09. The summed E-state index contributed by atoms with van der Waals surface area (Å²) in [5.41, 5.74) is 5.27. The van der Waals surface area contributed by atoms with Crippen molar-refractivity contribution < 1.29 is 0 Å². The summed E-state index contributed by atoms with van der Waals surface area (Å²) in [5, 5.41) is 4.14. The topological polar surface area (TPSA) is 29.9 Å². The summed E-state index contributed by atoms with van der Waals surface area (Å²) < 4.78 is 2.29. The summed E-state index contributed by atoms with van der Waals surface area (Å²) in [7, 11) is 0. The van der Waals surface area contributed by atoms with Crippen molar-refractivity contribution in [1.82, 2.24) is 14.9 Å². The number of nitrogens with zero attached hydrogens (tertiary/aromatic N) is 2. The minimum Gasteiger partial charge on any atom is -0.328 e. The van der Waals surface area contributed by atoms with E-state index in [1.54, 1.807) is 0 Å². The SMILES string of the molecule is C/C=C\C(Cl)=C/CCn1c(CCNCC)nc2c1C=CC=C=C2. The van der Waals surface area contributed by atoms with Crippen molar-refractivity contribution in [3.8, 4) is 0 Å². The Morgan fingerprint density at radius 2 is 2.35 bits per heavy atom. The van der Waals surface area contributed by atoms with Crippen LogP contribution in [0.2, 0.25) is 0 Å². The van der Waals surface area contributed by atoms with Crippen molar-refractivity contribution >= 4 is 23.8 Å². The second-order valence-corrected chi connectivity index (χ2v) is 5.70. The molecule has 0 bridgehead atoms. The van der Waals surface area contributed by atoms with E-state index >= 15 is 0 Å². The normalized spacial score (nSPS) is 13.8. The molecule has 2 rings (SSSR count). The summed E-state index contributed by atoms with van der Waals surface area (Å²) in [6.07, 6.45) is 15.7. The van der Waals surface area contributed by atoms with Crippen LogP contribution in [0.25, 0.3) is 12.2 Å². The second kappa shape index (κ2) is 9.36. The van der Waals surface area contributed by atoms with Crippen LogP contribution in [0.1, 0.15) is 37.5 Å². The quantitative estimate of drug-likeness (QED) is 0.437. The lowest BCUT2D eigenvalue weighted by molar-refractivity contribution is 0.625. The first kappa shape index (κ1) is 17.6. The van der Waals surface area contributed by atoms with Gasteiger partial charge < -0.3 is 9.88 Å². The predicted octanol–water partition coefficient (Wildman–Crippen LogP) is 4.32. The first-order valence-electron chi connectivity index (χ1n) is 8.14. The third kappa shape index (κ3) is 5.11. The van der Waals surface area contributed by atoms with Gasteiger partial charge in [-0.1, -0.05) is 36.8 Å². The van der Waals surface area contributed by atoms with Gasteiger partial charge in [0.15, 0.2) is 0 Å². The number of hydrogen-bond acceptors (Lipinski definition) is 2. The highest BCUT2D eigenvalue weighted by Crippen LogP contribution is 2.19. The van der Waals surface area contributed by atoms with E-state index in [2.05, 4.69) is 34.7 Å². The maximum atomic E-state index is 6.14. The molecule has 1 aromatic heterocycles. The first-order valence-corrected chi connectivity index (χ1v) is 8.51. The van der Waals surface area contributed by atoms with Crippen molar-refractivity contribution in [2.75, 3.05) is 13.1 Å². The van der Waals surface area contributed by atoms with E-state index in [1.165, 1.54) is 0 Å². The molecule has 1 aromatic rings. The third-order valence-corrected chi connectivity index (χ3v) is 3.85. The van der Waals surface area contributed by atoms with Crippen LogP contribution in [0.4, 0.5) is 0 Å². The van der Waals surface area contributed by atoms with Gasteiger partial charge in [-0.15, -0.1) is 5.73 Å². The monoisotopic (exact) mass is 329 g/mol. The van der Waals surface area contributed by atoms with Crippen molar-refractivity contribution in [2.24, 2.45) is 0 Å². The molecule has 23 heavy (non-hydrogen) atoms. The van der Waals surface area contributed by atoms with Crippen LogP contribution >= 0.6 is 11.6 Å². The zero-order valence-corrected chi connectivity index (χ0v) is 14.6. The van der Waals surface area contributed by atoms with E-state index in [9.17, 15) is 0 Å². The summed E-state index contributed by atoms with van der Waals surface area (Å²) in [5.74, 6) is 1.11. The van der Waals surface area contributed by atoms with Crippen molar-refractivity contribution in [2.45, 2.75) is 33.2 Å². The fourth-order valence-corrected chi connectivity index (χ4v) is 2.75. The fourth-order valence-electron chi connectivity index (χ4n) is 2.51. The number of rotatable bonds is 8. The Bertz CT molecular complexity index is 671. The van der Waals surface area contributed by atoms with Gasteiger partial charge >= 0.3 is 0 Å². The average molecular weight is 330 g/mol. The van der Waals surface area contributed by atoms with Gasteiger partial charge in [-0.05, 0) is 38.1 Å². The van der Waals surface area contributed by atoms with Crippen LogP contribution in [0.3, 0.4) is 0 Å². The average Bonchev–Trinajstić information content (AvgIpc) is 2.71. The molecule has 0 saturated heterocycles. The van der Waals surface area contributed by atoms with Crippen molar-refractivity contribution in [1.29, 1.82) is 0 Å². The molecule has 0 atom stereocenters. The maximum absolute atomic E-state index is 6.14. The molecule has 0 fully saturated rings. The van der Waals surface area contributed by atoms with Crippen LogP contribution in [-0.2, 0) is 13.0 Å². The van der Waals surface area contributed by atoms with E-state index in [0.29, 0.717) is 0 Å². The molecular weight excluding hydrogens is 306 g/mol. The van der Waals surface area contributed by atoms with Gasteiger partial charge in [-0.25, -0.2) is 4.98 Å². The third-order valence-electron chi connectivity index (χ3n) is 3.57. The summed E-state index contributed by atoms with van der Waals surface area (Å²) >= 11 is 6.14. The van der Waals surface area contributed by atoms with E-state index in [4.69, 9.17) is 16.6 Å². The van der Waals surface area contributed by atoms with Crippen LogP contribution in [0.15, 0.2) is 41.1 Å². The number of aromatic nitrogens is 2. The number of halogens is 1.